The van der Waals surface area contributed by atoms with Gasteiger partial charge >= 0.3 is 0 Å². The fourth-order valence-corrected chi connectivity index (χ4v) is 3.21. The van der Waals surface area contributed by atoms with Crippen LogP contribution < -0.4 is 20.1 Å². The summed E-state index contributed by atoms with van der Waals surface area (Å²) in [6.45, 7) is 0. The smallest absolute Gasteiger partial charge is 0.272 e. The number of hydrogen-bond acceptors (Lipinski definition) is 5. The second-order valence-corrected chi connectivity index (χ2v) is 6.89. The largest absolute Gasteiger partial charge is 0.497 e. The predicted octanol–water partition coefficient (Wildman–Crippen LogP) is 4.17. The molecule has 2 aromatic carbocycles. The summed E-state index contributed by atoms with van der Waals surface area (Å²) in [5, 5.41) is 7.38. The van der Waals surface area contributed by atoms with Crippen molar-refractivity contribution in [2.75, 3.05) is 19.5 Å². The summed E-state index contributed by atoms with van der Waals surface area (Å²) in [5.74, 6) is 0.318. The van der Waals surface area contributed by atoms with Gasteiger partial charge in [-0.15, -0.1) is 11.3 Å². The van der Waals surface area contributed by atoms with Crippen LogP contribution in [0.15, 0.2) is 71.7 Å². The lowest BCUT2D eigenvalue weighted by atomic mass is 10.2. The summed E-state index contributed by atoms with van der Waals surface area (Å²) < 4.78 is 10.4. The molecule has 0 aliphatic rings. The lowest BCUT2D eigenvalue weighted by molar-refractivity contribution is -0.113. The first kappa shape index (κ1) is 20.2. The highest BCUT2D eigenvalue weighted by molar-refractivity contribution is 7.10. The van der Waals surface area contributed by atoms with E-state index >= 15 is 0 Å². The molecular formula is C22H20N2O4S. The number of hydrogen-bond donors (Lipinski definition) is 2. The first-order valence-electron chi connectivity index (χ1n) is 8.75. The molecule has 0 saturated carbocycles. The van der Waals surface area contributed by atoms with Gasteiger partial charge in [-0.1, -0.05) is 18.2 Å². The molecule has 29 heavy (non-hydrogen) atoms. The molecule has 0 saturated heterocycles. The van der Waals surface area contributed by atoms with E-state index in [9.17, 15) is 9.59 Å². The standard InChI is InChI=1S/C22H20N2O4S/c1-27-16-11-9-15(10-12-16)21(25)24-19(14-17-6-5-13-29-17)22(26)23-18-7-3-4-8-20(18)28-2/h3-14H,1-2H3,(H,23,26)(H,24,25)/b19-14-. The molecule has 7 heteroatoms. The monoisotopic (exact) mass is 408 g/mol. The molecule has 0 atom stereocenters. The zero-order valence-corrected chi connectivity index (χ0v) is 16.8. The molecule has 2 amide bonds. The van der Waals surface area contributed by atoms with Crippen molar-refractivity contribution in [2.24, 2.45) is 0 Å². The molecule has 0 unspecified atom stereocenters. The minimum atomic E-state index is -0.454. The third-order valence-electron chi connectivity index (χ3n) is 4.03. The number of anilines is 1. The third-order valence-corrected chi connectivity index (χ3v) is 4.85. The Kier molecular flexibility index (Phi) is 6.65. The molecule has 148 valence electrons. The Balaban J connectivity index is 1.84. The van der Waals surface area contributed by atoms with Gasteiger partial charge in [0, 0.05) is 10.4 Å². The second-order valence-electron chi connectivity index (χ2n) is 5.91. The number of ether oxygens (including phenoxy) is 2. The minimum absolute atomic E-state index is 0.124. The Hall–Kier alpha value is -3.58. The van der Waals surface area contributed by atoms with Gasteiger partial charge in [0.25, 0.3) is 11.8 Å². The normalized spacial score (nSPS) is 10.9. The summed E-state index contributed by atoms with van der Waals surface area (Å²) in [7, 11) is 3.08. The first-order valence-corrected chi connectivity index (χ1v) is 9.63. The van der Waals surface area contributed by atoms with Crippen LogP contribution >= 0.6 is 11.3 Å². The number of thiophene rings is 1. The maximum absolute atomic E-state index is 12.9. The van der Waals surface area contributed by atoms with Crippen molar-refractivity contribution in [1.29, 1.82) is 0 Å². The van der Waals surface area contributed by atoms with Crippen LogP contribution in [0, 0.1) is 0 Å². The summed E-state index contributed by atoms with van der Waals surface area (Å²) in [6, 6.07) is 17.4. The van der Waals surface area contributed by atoms with Gasteiger partial charge in [-0.2, -0.15) is 0 Å². The Morgan fingerprint density at radius 3 is 2.34 bits per heavy atom. The number of rotatable bonds is 7. The van der Waals surface area contributed by atoms with E-state index < -0.39 is 11.8 Å². The number of benzene rings is 2. The van der Waals surface area contributed by atoms with Crippen molar-refractivity contribution in [3.05, 3.63) is 82.2 Å². The van der Waals surface area contributed by atoms with E-state index in [1.807, 2.05) is 23.6 Å². The van der Waals surface area contributed by atoms with Crippen LogP contribution in [-0.4, -0.2) is 26.0 Å². The zero-order valence-electron chi connectivity index (χ0n) is 16.0. The van der Waals surface area contributed by atoms with E-state index in [0.29, 0.717) is 22.7 Å². The molecule has 0 radical (unpaired) electrons. The maximum atomic E-state index is 12.9. The van der Waals surface area contributed by atoms with Gasteiger partial charge in [0.15, 0.2) is 0 Å². The third kappa shape index (κ3) is 5.24. The zero-order chi connectivity index (χ0) is 20.6. The summed E-state index contributed by atoms with van der Waals surface area (Å²) in [6.07, 6.45) is 1.64. The van der Waals surface area contributed by atoms with Gasteiger partial charge < -0.3 is 20.1 Å². The van der Waals surface area contributed by atoms with Crippen LogP contribution in [0.4, 0.5) is 5.69 Å². The quantitative estimate of drug-likeness (QED) is 0.575. The van der Waals surface area contributed by atoms with Crippen molar-refractivity contribution < 1.29 is 19.1 Å². The van der Waals surface area contributed by atoms with Crippen LogP contribution in [0.3, 0.4) is 0 Å². The fourth-order valence-electron chi connectivity index (χ4n) is 2.55. The number of methoxy groups -OCH3 is 2. The van der Waals surface area contributed by atoms with E-state index in [-0.39, 0.29) is 5.70 Å². The lowest BCUT2D eigenvalue weighted by Gasteiger charge is -2.13. The molecule has 3 rings (SSSR count). The summed E-state index contributed by atoms with van der Waals surface area (Å²) in [5.41, 5.74) is 1.04. The molecule has 0 aliphatic carbocycles. The highest BCUT2D eigenvalue weighted by Gasteiger charge is 2.16. The van der Waals surface area contributed by atoms with Crippen LogP contribution in [0.25, 0.3) is 6.08 Å². The van der Waals surface area contributed by atoms with Gasteiger partial charge in [-0.3, -0.25) is 9.59 Å². The van der Waals surface area contributed by atoms with Crippen molar-refractivity contribution in [2.45, 2.75) is 0 Å². The number of amides is 2. The topological polar surface area (TPSA) is 76.7 Å². The van der Waals surface area contributed by atoms with E-state index in [2.05, 4.69) is 10.6 Å². The Morgan fingerprint density at radius 2 is 1.69 bits per heavy atom. The van der Waals surface area contributed by atoms with Gasteiger partial charge in [0.2, 0.25) is 0 Å². The highest BCUT2D eigenvalue weighted by Crippen LogP contribution is 2.24. The van der Waals surface area contributed by atoms with Gasteiger partial charge in [-0.05, 0) is 53.9 Å². The second kappa shape index (κ2) is 9.57. The van der Waals surface area contributed by atoms with Crippen molar-refractivity contribution in [3.63, 3.8) is 0 Å². The number of para-hydroxylation sites is 2. The van der Waals surface area contributed by atoms with E-state index in [4.69, 9.17) is 9.47 Å². The van der Waals surface area contributed by atoms with E-state index in [0.717, 1.165) is 4.88 Å². The number of carbonyl (C=O) groups is 2. The average molecular weight is 408 g/mol. The molecule has 2 N–H and O–H groups in total. The molecule has 0 spiro atoms. The van der Waals surface area contributed by atoms with Gasteiger partial charge in [-0.25, -0.2) is 0 Å². The van der Waals surface area contributed by atoms with Crippen LogP contribution in [-0.2, 0) is 4.79 Å². The SMILES string of the molecule is COc1ccc(C(=O)N/C(=C\c2cccs2)C(=O)Nc2ccccc2OC)cc1. The molecule has 0 bridgehead atoms. The van der Waals surface area contributed by atoms with Crippen molar-refractivity contribution >= 4 is 34.9 Å². The van der Waals surface area contributed by atoms with Crippen LogP contribution in [0.2, 0.25) is 0 Å². The Morgan fingerprint density at radius 1 is 0.931 bits per heavy atom. The van der Waals surface area contributed by atoms with Crippen LogP contribution in [0.5, 0.6) is 11.5 Å². The molecule has 1 aromatic heterocycles. The lowest BCUT2D eigenvalue weighted by Crippen LogP contribution is -2.30. The van der Waals surface area contributed by atoms with Crippen LogP contribution in [0.1, 0.15) is 15.2 Å². The molecule has 0 fully saturated rings. The van der Waals surface area contributed by atoms with Gasteiger partial charge in [0.05, 0.1) is 19.9 Å². The predicted molar refractivity (Wildman–Crippen MR) is 114 cm³/mol. The highest BCUT2D eigenvalue weighted by atomic mass is 32.1. The maximum Gasteiger partial charge on any atom is 0.272 e. The molecule has 1 heterocycles. The summed E-state index contributed by atoms with van der Waals surface area (Å²) >= 11 is 1.46. The average Bonchev–Trinajstić information content (AvgIpc) is 3.26. The number of nitrogens with one attached hydrogen (secondary N) is 2. The molecular weight excluding hydrogens is 388 g/mol. The Bertz CT molecular complexity index is 1010. The molecule has 0 aliphatic heterocycles. The van der Waals surface area contributed by atoms with E-state index in [1.54, 1.807) is 55.7 Å². The van der Waals surface area contributed by atoms with Crippen molar-refractivity contribution in [1.82, 2.24) is 5.32 Å². The first-order chi connectivity index (χ1) is 14.1. The number of carbonyl (C=O) groups excluding carboxylic acids is 2. The minimum Gasteiger partial charge on any atom is -0.497 e. The van der Waals surface area contributed by atoms with E-state index in [1.165, 1.54) is 18.4 Å². The summed E-state index contributed by atoms with van der Waals surface area (Å²) in [4.78, 5) is 26.4. The fraction of sp³-hybridized carbons (Fsp3) is 0.0909. The van der Waals surface area contributed by atoms with Crippen molar-refractivity contribution in [3.8, 4) is 11.5 Å². The molecule has 6 nitrogen and oxygen atoms in total. The van der Waals surface area contributed by atoms with Gasteiger partial charge in [0.1, 0.15) is 17.2 Å². The molecule has 3 aromatic rings. The Labute approximate surface area is 172 Å².